The van der Waals surface area contributed by atoms with Crippen molar-refractivity contribution in [3.8, 4) is 5.75 Å². The molecular weight excluding hydrogens is 210 g/mol. The molecular formula is C15H23NO. The van der Waals surface area contributed by atoms with Crippen molar-refractivity contribution in [2.24, 2.45) is 5.73 Å². The summed E-state index contributed by atoms with van der Waals surface area (Å²) in [6.45, 7) is 8.93. The fraction of sp³-hybridized carbons (Fsp3) is 0.467. The van der Waals surface area contributed by atoms with Gasteiger partial charge in [0.15, 0.2) is 0 Å². The maximum absolute atomic E-state index is 10.3. The van der Waals surface area contributed by atoms with Gasteiger partial charge < -0.3 is 10.8 Å². The first kappa shape index (κ1) is 13.8. The van der Waals surface area contributed by atoms with Crippen LogP contribution in [-0.2, 0) is 11.8 Å². The van der Waals surface area contributed by atoms with E-state index in [-0.39, 0.29) is 5.41 Å². The molecule has 2 nitrogen and oxygen atoms in total. The van der Waals surface area contributed by atoms with E-state index in [1.807, 2.05) is 18.2 Å². The molecule has 0 unspecified atom stereocenters. The minimum atomic E-state index is -0.0550. The second-order valence-electron chi connectivity index (χ2n) is 5.32. The van der Waals surface area contributed by atoms with E-state index in [1.54, 1.807) is 0 Å². The molecule has 94 valence electrons. The van der Waals surface area contributed by atoms with Gasteiger partial charge >= 0.3 is 0 Å². The lowest BCUT2D eigenvalue weighted by Gasteiger charge is -2.22. The molecule has 0 saturated carbocycles. The Kier molecular flexibility index (Phi) is 4.35. The van der Waals surface area contributed by atoms with Gasteiger partial charge in [0.05, 0.1) is 0 Å². The molecule has 0 spiro atoms. The van der Waals surface area contributed by atoms with Crippen molar-refractivity contribution < 1.29 is 5.11 Å². The molecule has 0 saturated heterocycles. The Morgan fingerprint density at radius 3 is 2.41 bits per heavy atom. The third-order valence-electron chi connectivity index (χ3n) is 2.85. The molecule has 0 amide bonds. The van der Waals surface area contributed by atoms with Crippen LogP contribution in [0, 0.1) is 0 Å². The number of rotatable bonds is 3. The average Bonchev–Trinajstić information content (AvgIpc) is 2.26. The summed E-state index contributed by atoms with van der Waals surface area (Å²) in [7, 11) is 0. The van der Waals surface area contributed by atoms with Gasteiger partial charge in [-0.15, -0.1) is 0 Å². The average molecular weight is 233 g/mol. The van der Waals surface area contributed by atoms with Crippen LogP contribution < -0.4 is 5.73 Å². The van der Waals surface area contributed by atoms with Crippen molar-refractivity contribution in [2.45, 2.75) is 39.5 Å². The Bertz CT molecular complexity index is 414. The van der Waals surface area contributed by atoms with Crippen LogP contribution >= 0.6 is 0 Å². The van der Waals surface area contributed by atoms with E-state index < -0.39 is 0 Å². The molecule has 1 rings (SSSR count). The minimum Gasteiger partial charge on any atom is -0.507 e. The van der Waals surface area contributed by atoms with Gasteiger partial charge in [-0.2, -0.15) is 0 Å². The Morgan fingerprint density at radius 2 is 1.94 bits per heavy atom. The molecule has 0 radical (unpaired) electrons. The molecule has 0 aromatic heterocycles. The highest BCUT2D eigenvalue weighted by atomic mass is 16.3. The fourth-order valence-electron chi connectivity index (χ4n) is 1.82. The van der Waals surface area contributed by atoms with Gasteiger partial charge in [-0.25, -0.2) is 0 Å². The molecule has 2 heteroatoms. The third-order valence-corrected chi connectivity index (χ3v) is 2.85. The van der Waals surface area contributed by atoms with Crippen LogP contribution in [0.5, 0.6) is 5.75 Å². The van der Waals surface area contributed by atoms with Gasteiger partial charge in [0.1, 0.15) is 5.75 Å². The van der Waals surface area contributed by atoms with E-state index in [9.17, 15) is 5.11 Å². The van der Waals surface area contributed by atoms with E-state index in [0.717, 1.165) is 17.5 Å². The van der Waals surface area contributed by atoms with E-state index in [0.29, 0.717) is 12.3 Å². The Labute approximate surface area is 104 Å². The Morgan fingerprint density at radius 1 is 1.29 bits per heavy atom. The highest BCUT2D eigenvalue weighted by molar-refractivity contribution is 5.62. The van der Waals surface area contributed by atoms with E-state index in [4.69, 9.17) is 5.73 Å². The van der Waals surface area contributed by atoms with Crippen LogP contribution in [0.15, 0.2) is 18.2 Å². The molecule has 0 aliphatic carbocycles. The van der Waals surface area contributed by atoms with Gasteiger partial charge in [0.2, 0.25) is 0 Å². The number of nitrogens with two attached hydrogens (primary N) is 1. The molecule has 0 heterocycles. The predicted molar refractivity (Wildman–Crippen MR) is 74.3 cm³/mol. The number of phenolic OH excluding ortho intramolecular Hbond substituents is 1. The van der Waals surface area contributed by atoms with Crippen molar-refractivity contribution in [3.63, 3.8) is 0 Å². The highest BCUT2D eigenvalue weighted by Crippen LogP contribution is 2.35. The van der Waals surface area contributed by atoms with Crippen LogP contribution in [0.1, 0.15) is 44.4 Å². The molecule has 3 N–H and O–H groups in total. The normalized spacial score (nSPS) is 12.3. The number of aromatic hydroxyl groups is 1. The van der Waals surface area contributed by atoms with Gasteiger partial charge in [-0.1, -0.05) is 45.9 Å². The monoisotopic (exact) mass is 233 g/mol. The summed E-state index contributed by atoms with van der Waals surface area (Å²) in [5, 5.41) is 10.3. The van der Waals surface area contributed by atoms with Crippen LogP contribution in [-0.4, -0.2) is 11.7 Å². The minimum absolute atomic E-state index is 0.0550. The topological polar surface area (TPSA) is 46.2 Å². The quantitative estimate of drug-likeness (QED) is 0.842. The summed E-state index contributed by atoms with van der Waals surface area (Å²) < 4.78 is 0. The number of hydrogen-bond donors (Lipinski definition) is 2. The second-order valence-corrected chi connectivity index (χ2v) is 5.32. The van der Waals surface area contributed by atoms with Crippen molar-refractivity contribution >= 4 is 6.08 Å². The van der Waals surface area contributed by atoms with Crippen LogP contribution in [0.2, 0.25) is 0 Å². The third kappa shape index (κ3) is 3.34. The number of aryl methyl sites for hydroxylation is 1. The number of hydrogen-bond acceptors (Lipinski definition) is 2. The molecule has 0 bridgehead atoms. The van der Waals surface area contributed by atoms with Crippen molar-refractivity contribution in [3.05, 3.63) is 34.9 Å². The largest absolute Gasteiger partial charge is 0.507 e. The van der Waals surface area contributed by atoms with Crippen LogP contribution in [0.25, 0.3) is 6.08 Å². The van der Waals surface area contributed by atoms with E-state index in [1.165, 1.54) is 5.56 Å². The maximum Gasteiger partial charge on any atom is 0.126 e. The summed E-state index contributed by atoms with van der Waals surface area (Å²) >= 11 is 0. The first-order valence-electron chi connectivity index (χ1n) is 6.13. The number of phenols is 1. The van der Waals surface area contributed by atoms with Gasteiger partial charge in [0.25, 0.3) is 0 Å². The smallest absolute Gasteiger partial charge is 0.126 e. The standard InChI is InChI=1S/C15H23NO/c1-5-11-9-12(7-6-8-16)14(17)13(10-11)15(2,3)4/h6-7,9-10,17H,5,8,16H2,1-4H3/b7-6+. The summed E-state index contributed by atoms with van der Waals surface area (Å²) in [4.78, 5) is 0. The second kappa shape index (κ2) is 5.37. The lowest BCUT2D eigenvalue weighted by Crippen LogP contribution is -2.12. The lowest BCUT2D eigenvalue weighted by atomic mass is 9.83. The summed E-state index contributed by atoms with van der Waals surface area (Å²) in [5.74, 6) is 0.374. The molecule has 0 aliphatic heterocycles. The Hall–Kier alpha value is -1.28. The molecule has 0 atom stereocenters. The molecule has 17 heavy (non-hydrogen) atoms. The highest BCUT2D eigenvalue weighted by Gasteiger charge is 2.20. The zero-order chi connectivity index (χ0) is 13.1. The van der Waals surface area contributed by atoms with Gasteiger partial charge in [-0.3, -0.25) is 0 Å². The number of benzene rings is 1. The van der Waals surface area contributed by atoms with Gasteiger partial charge in [0, 0.05) is 17.7 Å². The molecule has 1 aromatic carbocycles. The first-order chi connectivity index (χ1) is 7.90. The zero-order valence-corrected chi connectivity index (χ0v) is 11.2. The van der Waals surface area contributed by atoms with Crippen molar-refractivity contribution in [1.82, 2.24) is 0 Å². The predicted octanol–water partition coefficient (Wildman–Crippen LogP) is 3.22. The van der Waals surface area contributed by atoms with Crippen molar-refractivity contribution in [1.29, 1.82) is 0 Å². The first-order valence-corrected chi connectivity index (χ1v) is 6.13. The Balaban J connectivity index is 3.36. The van der Waals surface area contributed by atoms with Gasteiger partial charge in [-0.05, 0) is 23.5 Å². The SMILES string of the molecule is CCc1cc(/C=C/CN)c(O)c(C(C)(C)C)c1. The van der Waals surface area contributed by atoms with Crippen molar-refractivity contribution in [2.75, 3.05) is 6.54 Å². The maximum atomic E-state index is 10.3. The van der Waals surface area contributed by atoms with Crippen LogP contribution in [0.4, 0.5) is 0 Å². The molecule has 1 aromatic rings. The zero-order valence-electron chi connectivity index (χ0n) is 11.2. The van der Waals surface area contributed by atoms with E-state index in [2.05, 4.69) is 33.8 Å². The summed E-state index contributed by atoms with van der Waals surface area (Å²) in [6, 6.07) is 4.12. The molecule has 0 fully saturated rings. The lowest BCUT2D eigenvalue weighted by molar-refractivity contribution is 0.445. The van der Waals surface area contributed by atoms with Crippen LogP contribution in [0.3, 0.4) is 0 Å². The summed E-state index contributed by atoms with van der Waals surface area (Å²) in [6.07, 6.45) is 4.72. The van der Waals surface area contributed by atoms with E-state index >= 15 is 0 Å². The fourth-order valence-corrected chi connectivity index (χ4v) is 1.82. The summed E-state index contributed by atoms with van der Waals surface area (Å²) in [5.41, 5.74) is 8.49. The molecule has 0 aliphatic rings.